The number of carbonyl (C=O) groups excluding carboxylic acids is 1. The molecule has 2 aliphatic rings. The van der Waals surface area contributed by atoms with Gasteiger partial charge in [-0.05, 0) is 77.1 Å². The van der Waals surface area contributed by atoms with E-state index in [1.807, 2.05) is 91.0 Å². The van der Waals surface area contributed by atoms with Crippen LogP contribution in [-0.4, -0.2) is 41.3 Å². The Morgan fingerprint density at radius 1 is 0.815 bits per heavy atom. The Labute approximate surface area is 318 Å². The molecule has 8 heteroatoms. The van der Waals surface area contributed by atoms with E-state index in [0.29, 0.717) is 24.0 Å². The number of rotatable bonds is 14. The van der Waals surface area contributed by atoms with Crippen LogP contribution in [0.15, 0.2) is 140 Å². The number of para-hydroxylation sites is 1. The third-order valence-corrected chi connectivity index (χ3v) is 10.3. The van der Waals surface area contributed by atoms with E-state index in [4.69, 9.17) is 14.2 Å². The molecule has 1 heterocycles. The van der Waals surface area contributed by atoms with Crippen molar-refractivity contribution in [2.45, 2.75) is 69.8 Å². The van der Waals surface area contributed by atoms with E-state index < -0.39 is 6.29 Å². The molecule has 0 spiro atoms. The molecule has 2 amide bonds. The summed E-state index contributed by atoms with van der Waals surface area (Å²) in [4.78, 5) is 15.4. The Bertz CT molecular complexity index is 1940. The van der Waals surface area contributed by atoms with Crippen molar-refractivity contribution in [3.05, 3.63) is 162 Å². The Morgan fingerprint density at radius 3 is 2.22 bits per heavy atom. The summed E-state index contributed by atoms with van der Waals surface area (Å²) in [5, 5.41) is 15.5. The number of hydrogen-bond acceptors (Lipinski definition) is 6. The van der Waals surface area contributed by atoms with Gasteiger partial charge in [-0.1, -0.05) is 110 Å². The normalized spacial score (nSPS) is 18.7. The molecule has 1 saturated carbocycles. The van der Waals surface area contributed by atoms with Crippen LogP contribution in [0, 0.1) is 0 Å². The lowest BCUT2D eigenvalue weighted by Crippen LogP contribution is -2.43. The van der Waals surface area contributed by atoms with Gasteiger partial charge in [0.15, 0.2) is 6.29 Å². The van der Waals surface area contributed by atoms with E-state index in [2.05, 4.69) is 64.6 Å². The molecule has 1 saturated heterocycles. The summed E-state index contributed by atoms with van der Waals surface area (Å²) in [6.07, 6.45) is 7.02. The van der Waals surface area contributed by atoms with E-state index >= 15 is 0 Å². The molecular formula is C46H49N3O5. The molecule has 3 N–H and O–H groups in total. The fourth-order valence-electron chi connectivity index (χ4n) is 7.46. The summed E-state index contributed by atoms with van der Waals surface area (Å²) in [7, 11) is 0. The standard InChI is InChI=1S/C46H49N3O5/c1-2-28-49(39-11-7-8-12-39)31-42-29-44(35-18-16-33(32-50)17-19-35)54-45(53-42)36-22-20-34(21-23-36)43-15-9-6-10-37(43)30-47-46(51)48-38-24-26-41(27-25-38)52-40-13-4-3-5-14-40/h2-6,9-10,13-27,39,42,44-45,50H,1,7-8,11-12,28-32H2,(H2,47,48,51)/t42-,44+,45+/m1/s1. The molecule has 0 aromatic heterocycles. The van der Waals surface area contributed by atoms with Gasteiger partial charge in [0.1, 0.15) is 11.5 Å². The maximum absolute atomic E-state index is 12.9. The molecule has 0 unspecified atom stereocenters. The van der Waals surface area contributed by atoms with Crippen LogP contribution in [0.25, 0.3) is 11.1 Å². The van der Waals surface area contributed by atoms with Crippen molar-refractivity contribution in [3.63, 3.8) is 0 Å². The van der Waals surface area contributed by atoms with E-state index in [-0.39, 0.29) is 24.8 Å². The minimum absolute atomic E-state index is 0.0112. The number of anilines is 1. The monoisotopic (exact) mass is 723 g/mol. The number of nitrogens with one attached hydrogen (secondary N) is 2. The first-order valence-corrected chi connectivity index (χ1v) is 19.0. The number of benzene rings is 5. The predicted octanol–water partition coefficient (Wildman–Crippen LogP) is 9.94. The summed E-state index contributed by atoms with van der Waals surface area (Å²) < 4.78 is 19.2. The number of urea groups is 1. The maximum atomic E-state index is 12.9. The van der Waals surface area contributed by atoms with Gasteiger partial charge >= 0.3 is 6.03 Å². The van der Waals surface area contributed by atoms with Crippen molar-refractivity contribution in [1.82, 2.24) is 10.2 Å². The fourth-order valence-corrected chi connectivity index (χ4v) is 7.46. The van der Waals surface area contributed by atoms with Crippen LogP contribution < -0.4 is 15.4 Å². The first-order chi connectivity index (χ1) is 26.5. The number of amides is 2. The summed E-state index contributed by atoms with van der Waals surface area (Å²) in [5.41, 5.74) is 6.65. The summed E-state index contributed by atoms with van der Waals surface area (Å²) in [5.74, 6) is 1.45. The Kier molecular flexibility index (Phi) is 12.5. The zero-order valence-corrected chi connectivity index (χ0v) is 30.6. The van der Waals surface area contributed by atoms with Crippen LogP contribution in [-0.2, 0) is 22.6 Å². The van der Waals surface area contributed by atoms with Crippen molar-refractivity contribution in [1.29, 1.82) is 0 Å². The van der Waals surface area contributed by atoms with Gasteiger partial charge < -0.3 is 30.0 Å². The smallest absolute Gasteiger partial charge is 0.319 e. The lowest BCUT2D eigenvalue weighted by Gasteiger charge is -2.39. The van der Waals surface area contributed by atoms with Crippen molar-refractivity contribution in [2.75, 3.05) is 18.4 Å². The number of hydrogen-bond donors (Lipinski definition) is 3. The molecule has 0 bridgehead atoms. The molecule has 1 aliphatic heterocycles. The van der Waals surface area contributed by atoms with Crippen LogP contribution >= 0.6 is 0 Å². The number of ether oxygens (including phenoxy) is 3. The Hall–Kier alpha value is -5.25. The molecule has 1 aliphatic carbocycles. The highest BCUT2D eigenvalue weighted by atomic mass is 16.7. The lowest BCUT2D eigenvalue weighted by molar-refractivity contribution is -0.253. The van der Waals surface area contributed by atoms with E-state index in [1.54, 1.807) is 0 Å². The summed E-state index contributed by atoms with van der Waals surface area (Å²) >= 11 is 0. The van der Waals surface area contributed by atoms with Crippen LogP contribution in [0.5, 0.6) is 11.5 Å². The topological polar surface area (TPSA) is 92.3 Å². The van der Waals surface area contributed by atoms with Gasteiger partial charge in [-0.15, -0.1) is 6.58 Å². The zero-order valence-electron chi connectivity index (χ0n) is 30.6. The molecule has 278 valence electrons. The van der Waals surface area contributed by atoms with E-state index in [9.17, 15) is 9.90 Å². The van der Waals surface area contributed by atoms with E-state index in [0.717, 1.165) is 58.6 Å². The van der Waals surface area contributed by atoms with Gasteiger partial charge in [0.05, 0.1) is 18.8 Å². The number of aliphatic hydroxyl groups is 1. The Morgan fingerprint density at radius 2 is 1.50 bits per heavy atom. The van der Waals surface area contributed by atoms with Gasteiger partial charge in [0, 0.05) is 43.3 Å². The fraction of sp³-hybridized carbons (Fsp3) is 0.283. The van der Waals surface area contributed by atoms with Gasteiger partial charge in [-0.25, -0.2) is 4.79 Å². The molecule has 54 heavy (non-hydrogen) atoms. The van der Waals surface area contributed by atoms with Gasteiger partial charge in [0.25, 0.3) is 0 Å². The number of nitrogens with zero attached hydrogens (tertiary/aromatic N) is 1. The largest absolute Gasteiger partial charge is 0.457 e. The highest BCUT2D eigenvalue weighted by molar-refractivity contribution is 5.89. The molecule has 5 aromatic carbocycles. The van der Waals surface area contributed by atoms with Crippen LogP contribution in [0.2, 0.25) is 0 Å². The van der Waals surface area contributed by atoms with Crippen LogP contribution in [0.1, 0.15) is 66.8 Å². The molecule has 8 nitrogen and oxygen atoms in total. The summed E-state index contributed by atoms with van der Waals surface area (Å²) in [6, 6.07) is 41.6. The SMILES string of the molecule is C=CCN(C[C@H]1C[C@@H](c2ccc(CO)cc2)O[C@@H](c2ccc(-c3ccccc3CNC(=O)Nc3ccc(Oc4ccccc4)cc3)cc2)O1)C1CCCC1. The lowest BCUT2D eigenvalue weighted by atomic mass is 9.97. The molecule has 3 atom stereocenters. The minimum atomic E-state index is -0.533. The second kappa shape index (κ2) is 18.2. The molecule has 7 rings (SSSR count). The quantitative estimate of drug-likeness (QED) is 0.0989. The molecule has 0 radical (unpaired) electrons. The Balaban J connectivity index is 1.01. The average Bonchev–Trinajstić information content (AvgIpc) is 3.77. The van der Waals surface area contributed by atoms with Gasteiger partial charge in [0.2, 0.25) is 0 Å². The van der Waals surface area contributed by atoms with Crippen LogP contribution in [0.3, 0.4) is 0 Å². The van der Waals surface area contributed by atoms with Crippen LogP contribution in [0.4, 0.5) is 10.5 Å². The molecule has 2 fully saturated rings. The maximum Gasteiger partial charge on any atom is 0.319 e. The predicted molar refractivity (Wildman–Crippen MR) is 213 cm³/mol. The van der Waals surface area contributed by atoms with Gasteiger partial charge in [-0.2, -0.15) is 0 Å². The first kappa shape index (κ1) is 37.1. The van der Waals surface area contributed by atoms with Crippen molar-refractivity contribution in [3.8, 4) is 22.6 Å². The minimum Gasteiger partial charge on any atom is -0.457 e. The second-order valence-electron chi connectivity index (χ2n) is 14.1. The third kappa shape index (κ3) is 9.64. The first-order valence-electron chi connectivity index (χ1n) is 19.0. The third-order valence-electron chi connectivity index (χ3n) is 10.3. The highest BCUT2D eigenvalue weighted by Gasteiger charge is 2.34. The van der Waals surface area contributed by atoms with Crippen molar-refractivity contribution in [2.24, 2.45) is 0 Å². The zero-order chi connectivity index (χ0) is 37.1. The van der Waals surface area contributed by atoms with Crippen molar-refractivity contribution >= 4 is 11.7 Å². The average molecular weight is 724 g/mol. The van der Waals surface area contributed by atoms with Crippen molar-refractivity contribution < 1.29 is 24.1 Å². The number of carbonyl (C=O) groups is 1. The van der Waals surface area contributed by atoms with Gasteiger partial charge in [-0.3, -0.25) is 4.90 Å². The summed E-state index contributed by atoms with van der Waals surface area (Å²) in [6.45, 7) is 6.07. The molecular weight excluding hydrogens is 675 g/mol. The number of aliphatic hydroxyl groups excluding tert-OH is 1. The van der Waals surface area contributed by atoms with E-state index in [1.165, 1.54) is 25.7 Å². The highest BCUT2D eigenvalue weighted by Crippen LogP contribution is 2.39. The second-order valence-corrected chi connectivity index (χ2v) is 14.1. The molecule has 5 aromatic rings.